The normalized spacial score (nSPS) is 13.0. The van der Waals surface area contributed by atoms with Crippen molar-refractivity contribution in [1.82, 2.24) is 14.9 Å². The molecule has 0 aliphatic carbocycles. The van der Waals surface area contributed by atoms with Gasteiger partial charge in [0.25, 0.3) is 5.91 Å². The van der Waals surface area contributed by atoms with Gasteiger partial charge in [-0.1, -0.05) is 6.07 Å². The molecule has 11 nitrogen and oxygen atoms in total. The summed E-state index contributed by atoms with van der Waals surface area (Å²) in [4.78, 5) is 49.8. The van der Waals surface area contributed by atoms with Gasteiger partial charge in [-0.3, -0.25) is 9.59 Å². The second-order valence-electron chi connectivity index (χ2n) is 11.0. The molecule has 3 aromatic carbocycles. The number of nitrogens with zero attached hydrogens (tertiary/aromatic N) is 4. The highest BCUT2D eigenvalue weighted by atomic mass is 19.1. The Bertz CT molecular complexity index is 1950. The van der Waals surface area contributed by atoms with Crippen molar-refractivity contribution in [3.05, 3.63) is 89.9 Å². The quantitative estimate of drug-likeness (QED) is 0.209. The second-order valence-corrected chi connectivity index (χ2v) is 11.0. The number of urea groups is 1. The van der Waals surface area contributed by atoms with Crippen LogP contribution in [0.25, 0.3) is 33.6 Å². The first-order valence-electron chi connectivity index (χ1n) is 14.6. The molecule has 3 heterocycles. The SMILES string of the molecule is CC(=O)c1ccc(-c2ccc3c(N4CCOCC4)nc(-c4ccc(NC(=O)Nc5ccc(C(=O)N(C)C)c(F)c5)cc4)nc3c2)o1. The maximum Gasteiger partial charge on any atom is 0.323 e. The molecule has 2 N–H and O–H groups in total. The van der Waals surface area contributed by atoms with Gasteiger partial charge in [0.1, 0.15) is 17.4 Å². The summed E-state index contributed by atoms with van der Waals surface area (Å²) in [6.07, 6.45) is 0. The van der Waals surface area contributed by atoms with Crippen molar-refractivity contribution in [3.8, 4) is 22.7 Å². The second kappa shape index (κ2) is 12.8. The van der Waals surface area contributed by atoms with Crippen LogP contribution >= 0.6 is 0 Å². The van der Waals surface area contributed by atoms with Crippen molar-refractivity contribution >= 4 is 45.8 Å². The van der Waals surface area contributed by atoms with Crippen molar-refractivity contribution in [2.75, 3.05) is 55.9 Å². The lowest BCUT2D eigenvalue weighted by Crippen LogP contribution is -2.37. The Morgan fingerprint density at radius 1 is 0.848 bits per heavy atom. The molecule has 46 heavy (non-hydrogen) atoms. The van der Waals surface area contributed by atoms with Gasteiger partial charge in [0.15, 0.2) is 17.4 Å². The Labute approximate surface area is 264 Å². The van der Waals surface area contributed by atoms with Gasteiger partial charge >= 0.3 is 6.03 Å². The van der Waals surface area contributed by atoms with E-state index in [9.17, 15) is 18.8 Å². The van der Waals surface area contributed by atoms with Gasteiger partial charge in [0.2, 0.25) is 0 Å². The van der Waals surface area contributed by atoms with Crippen LogP contribution in [0, 0.1) is 5.82 Å². The molecule has 0 bridgehead atoms. The first-order chi connectivity index (χ1) is 22.2. The summed E-state index contributed by atoms with van der Waals surface area (Å²) in [7, 11) is 3.07. The zero-order valence-corrected chi connectivity index (χ0v) is 25.5. The summed E-state index contributed by atoms with van der Waals surface area (Å²) in [5, 5.41) is 6.18. The van der Waals surface area contributed by atoms with Gasteiger partial charge in [-0.15, -0.1) is 0 Å². The number of benzene rings is 3. The minimum absolute atomic E-state index is 0.0847. The number of nitrogens with one attached hydrogen (secondary N) is 2. The maximum atomic E-state index is 14.5. The number of anilines is 3. The van der Waals surface area contributed by atoms with Crippen LogP contribution in [-0.2, 0) is 4.74 Å². The molecule has 0 radical (unpaired) electrons. The molecular weight excluding hydrogens is 591 g/mol. The van der Waals surface area contributed by atoms with E-state index in [1.165, 1.54) is 38.1 Å². The Morgan fingerprint density at radius 3 is 2.22 bits per heavy atom. The predicted molar refractivity (Wildman–Crippen MR) is 173 cm³/mol. The fourth-order valence-electron chi connectivity index (χ4n) is 5.10. The number of amides is 3. The number of hydrogen-bond donors (Lipinski definition) is 2. The first kappa shape index (κ1) is 30.4. The zero-order chi connectivity index (χ0) is 32.4. The van der Waals surface area contributed by atoms with Gasteiger partial charge in [-0.25, -0.2) is 19.2 Å². The van der Waals surface area contributed by atoms with Crippen LogP contribution in [0.3, 0.4) is 0 Å². The van der Waals surface area contributed by atoms with Crippen LogP contribution in [0.5, 0.6) is 0 Å². The standard InChI is InChI=1S/C34H31FN6O5/c1-20(42)29-12-13-30(46-29)22-6-10-26-28(18-22)38-31(39-32(26)41-14-16-45-17-15-41)21-4-7-23(8-5-21)36-34(44)37-24-9-11-25(27(35)19-24)33(43)40(2)3/h4-13,18-19H,14-17H2,1-3H3,(H2,36,37,44). The molecule has 0 atom stereocenters. The number of fused-ring (bicyclic) bond motifs is 1. The van der Waals surface area contributed by atoms with Crippen molar-refractivity contribution in [1.29, 1.82) is 0 Å². The maximum absolute atomic E-state index is 14.5. The van der Waals surface area contributed by atoms with Crippen LogP contribution in [0.1, 0.15) is 27.8 Å². The lowest BCUT2D eigenvalue weighted by atomic mass is 10.1. The van der Waals surface area contributed by atoms with E-state index in [1.807, 2.05) is 18.2 Å². The third-order valence-electron chi connectivity index (χ3n) is 7.49. The Kier molecular flexibility index (Phi) is 8.45. The lowest BCUT2D eigenvalue weighted by molar-refractivity contribution is 0.0822. The molecule has 1 aliphatic heterocycles. The summed E-state index contributed by atoms with van der Waals surface area (Å²) < 4.78 is 25.8. The number of halogens is 1. The van der Waals surface area contributed by atoms with Crippen LogP contribution < -0.4 is 15.5 Å². The molecule has 234 valence electrons. The van der Waals surface area contributed by atoms with Gasteiger partial charge in [0, 0.05) is 62.0 Å². The summed E-state index contributed by atoms with van der Waals surface area (Å²) in [6.45, 7) is 4.01. The summed E-state index contributed by atoms with van der Waals surface area (Å²) in [6, 6.07) is 19.6. The van der Waals surface area contributed by atoms with Crippen molar-refractivity contribution < 1.29 is 27.9 Å². The van der Waals surface area contributed by atoms with E-state index < -0.39 is 17.8 Å². The van der Waals surface area contributed by atoms with Crippen molar-refractivity contribution in [2.45, 2.75) is 6.92 Å². The highest BCUT2D eigenvalue weighted by Gasteiger charge is 2.20. The lowest BCUT2D eigenvalue weighted by Gasteiger charge is -2.29. The minimum Gasteiger partial charge on any atom is -0.453 e. The van der Waals surface area contributed by atoms with Gasteiger partial charge in [-0.05, 0) is 66.7 Å². The molecular formula is C34H31FN6O5. The van der Waals surface area contributed by atoms with Crippen LogP contribution in [0.15, 0.2) is 77.2 Å². The smallest absolute Gasteiger partial charge is 0.323 e. The Balaban J connectivity index is 1.25. The third kappa shape index (κ3) is 6.42. The number of ketones is 1. The summed E-state index contributed by atoms with van der Waals surface area (Å²) in [5.41, 5.74) is 2.83. The highest BCUT2D eigenvalue weighted by molar-refractivity contribution is 6.01. The Hall–Kier alpha value is -5.62. The van der Waals surface area contributed by atoms with Crippen LogP contribution in [-0.4, -0.2) is 73.0 Å². The zero-order valence-electron chi connectivity index (χ0n) is 25.5. The van der Waals surface area contributed by atoms with E-state index in [1.54, 1.807) is 36.4 Å². The molecule has 0 unspecified atom stereocenters. The van der Waals surface area contributed by atoms with E-state index in [0.717, 1.165) is 28.4 Å². The van der Waals surface area contributed by atoms with E-state index in [4.69, 9.17) is 19.1 Å². The molecule has 1 saturated heterocycles. The average Bonchev–Trinajstić information content (AvgIpc) is 3.56. The topological polar surface area (TPSA) is 130 Å². The highest BCUT2D eigenvalue weighted by Crippen LogP contribution is 2.32. The number of morpholine rings is 1. The van der Waals surface area contributed by atoms with Crippen molar-refractivity contribution in [3.63, 3.8) is 0 Å². The van der Waals surface area contributed by atoms with E-state index >= 15 is 0 Å². The molecule has 3 amide bonds. The molecule has 0 saturated carbocycles. The summed E-state index contributed by atoms with van der Waals surface area (Å²) >= 11 is 0. The molecule has 5 aromatic rings. The number of aromatic nitrogens is 2. The number of carbonyl (C=O) groups excluding carboxylic acids is 3. The van der Waals surface area contributed by atoms with Crippen LogP contribution in [0.4, 0.5) is 26.4 Å². The minimum atomic E-state index is -0.732. The number of rotatable bonds is 7. The Morgan fingerprint density at radius 2 is 1.54 bits per heavy atom. The molecule has 0 spiro atoms. The first-order valence-corrected chi connectivity index (χ1v) is 14.6. The number of hydrogen-bond acceptors (Lipinski definition) is 8. The molecule has 1 fully saturated rings. The van der Waals surface area contributed by atoms with E-state index in [0.29, 0.717) is 49.1 Å². The fourth-order valence-corrected chi connectivity index (χ4v) is 5.10. The predicted octanol–water partition coefficient (Wildman–Crippen LogP) is 6.08. The third-order valence-corrected chi connectivity index (χ3v) is 7.49. The number of ether oxygens (including phenoxy) is 1. The largest absolute Gasteiger partial charge is 0.453 e. The monoisotopic (exact) mass is 622 g/mol. The number of Topliss-reactive ketones (excluding diaryl/α,β-unsaturated/α-hetero) is 1. The molecule has 6 rings (SSSR count). The molecule has 1 aliphatic rings. The fraction of sp³-hybridized carbons (Fsp3) is 0.206. The van der Waals surface area contributed by atoms with Gasteiger partial charge < -0.3 is 29.6 Å². The number of furan rings is 1. The number of carbonyl (C=O) groups is 3. The molecule has 12 heteroatoms. The van der Waals surface area contributed by atoms with Gasteiger partial charge in [-0.2, -0.15) is 0 Å². The molecule has 2 aromatic heterocycles. The van der Waals surface area contributed by atoms with E-state index in [2.05, 4.69) is 15.5 Å². The summed E-state index contributed by atoms with van der Waals surface area (Å²) in [5.74, 6) is 0.778. The van der Waals surface area contributed by atoms with Gasteiger partial charge in [0.05, 0.1) is 24.3 Å². The van der Waals surface area contributed by atoms with Crippen molar-refractivity contribution in [2.24, 2.45) is 0 Å². The average molecular weight is 623 g/mol. The van der Waals surface area contributed by atoms with E-state index in [-0.39, 0.29) is 22.8 Å². The van der Waals surface area contributed by atoms with Crippen LogP contribution in [0.2, 0.25) is 0 Å².